The molecular formula is C24H31N5O3. The molecule has 0 spiro atoms. The largest absolute Gasteiger partial charge is 0.352 e. The summed E-state index contributed by atoms with van der Waals surface area (Å²) in [5, 5.41) is 8.24. The van der Waals surface area contributed by atoms with Crippen molar-refractivity contribution < 1.29 is 14.4 Å². The molecule has 2 aromatic rings. The number of carbonyl (C=O) groups excluding carboxylic acids is 3. The van der Waals surface area contributed by atoms with Crippen molar-refractivity contribution in [2.45, 2.75) is 83.5 Å². The number of carbonyl (C=O) groups is 3. The molecule has 32 heavy (non-hydrogen) atoms. The Morgan fingerprint density at radius 2 is 1.97 bits per heavy atom. The highest BCUT2D eigenvalue weighted by Crippen LogP contribution is 2.48. The van der Waals surface area contributed by atoms with Gasteiger partial charge in [0.15, 0.2) is 11.4 Å². The first-order valence-corrected chi connectivity index (χ1v) is 11.9. The lowest BCUT2D eigenvalue weighted by Crippen LogP contribution is -2.52. The van der Waals surface area contributed by atoms with Crippen molar-refractivity contribution >= 4 is 28.6 Å². The average Bonchev–Trinajstić information content (AvgIpc) is 3.29. The Hall–Kier alpha value is -2.77. The standard InChI is InChI=1S/C24H31N5O3/c1-14(16-7-4-3-5-8-16)26-24(32)20-12-17-11-19(17)29(20)21(31)13-28-23-18(9-6-10-25-23)22(27-28)15(2)30/h6,9-10,14,16-17,19-20H,3-5,7-8,11-13H2,1-2H3,(H,26,32)/t14-,17+,19+,20-/m0/s1. The Balaban J connectivity index is 1.31. The molecule has 8 heteroatoms. The maximum Gasteiger partial charge on any atom is 0.245 e. The van der Waals surface area contributed by atoms with Gasteiger partial charge in [-0.25, -0.2) is 9.67 Å². The van der Waals surface area contributed by atoms with Crippen LogP contribution in [0.2, 0.25) is 0 Å². The molecule has 3 fully saturated rings. The third-order valence-corrected chi connectivity index (χ3v) is 7.55. The zero-order valence-corrected chi connectivity index (χ0v) is 18.8. The highest BCUT2D eigenvalue weighted by atomic mass is 16.2. The minimum atomic E-state index is -0.417. The lowest BCUT2D eigenvalue weighted by atomic mass is 9.84. The average molecular weight is 438 g/mol. The molecule has 0 bridgehead atoms. The van der Waals surface area contributed by atoms with E-state index in [4.69, 9.17) is 0 Å². The molecular weight excluding hydrogens is 406 g/mol. The first-order chi connectivity index (χ1) is 15.4. The Bertz CT molecular complexity index is 1060. The third-order valence-electron chi connectivity index (χ3n) is 7.55. The van der Waals surface area contributed by atoms with Gasteiger partial charge in [-0.2, -0.15) is 5.10 Å². The molecule has 0 radical (unpaired) electrons. The number of nitrogens with one attached hydrogen (secondary N) is 1. The van der Waals surface area contributed by atoms with Gasteiger partial charge in [-0.05, 0) is 56.6 Å². The number of fused-ring (bicyclic) bond motifs is 2. The Labute approximate surface area is 187 Å². The minimum absolute atomic E-state index is 0.0219. The van der Waals surface area contributed by atoms with Crippen molar-refractivity contribution in [1.29, 1.82) is 0 Å². The number of hydrogen-bond donors (Lipinski definition) is 1. The van der Waals surface area contributed by atoms with Crippen LogP contribution in [0.4, 0.5) is 0 Å². The predicted molar refractivity (Wildman–Crippen MR) is 119 cm³/mol. The number of piperidine rings is 1. The molecule has 8 nitrogen and oxygen atoms in total. The van der Waals surface area contributed by atoms with Gasteiger partial charge in [0.2, 0.25) is 11.8 Å². The fourth-order valence-electron chi connectivity index (χ4n) is 5.71. The zero-order valence-electron chi connectivity index (χ0n) is 18.8. The number of nitrogens with zero attached hydrogens (tertiary/aromatic N) is 4. The van der Waals surface area contributed by atoms with Crippen LogP contribution >= 0.6 is 0 Å². The number of rotatable bonds is 6. The van der Waals surface area contributed by atoms with Gasteiger partial charge in [-0.15, -0.1) is 0 Å². The fourth-order valence-corrected chi connectivity index (χ4v) is 5.71. The summed E-state index contributed by atoms with van der Waals surface area (Å²) in [6, 6.07) is 3.41. The van der Waals surface area contributed by atoms with E-state index in [9.17, 15) is 14.4 Å². The maximum absolute atomic E-state index is 13.3. The number of amides is 2. The molecule has 170 valence electrons. The summed E-state index contributed by atoms with van der Waals surface area (Å²) in [4.78, 5) is 44.6. The summed E-state index contributed by atoms with van der Waals surface area (Å²) in [6.07, 6.45) is 9.41. The van der Waals surface area contributed by atoms with E-state index in [2.05, 4.69) is 22.3 Å². The first kappa shape index (κ1) is 21.1. The van der Waals surface area contributed by atoms with E-state index in [0.717, 1.165) is 25.7 Å². The Morgan fingerprint density at radius 1 is 1.19 bits per heavy atom. The molecule has 0 unspecified atom stereocenters. The highest BCUT2D eigenvalue weighted by molar-refractivity contribution is 6.04. The second-order valence-corrected chi connectivity index (χ2v) is 9.75. The Morgan fingerprint density at radius 3 is 2.72 bits per heavy atom. The van der Waals surface area contributed by atoms with Gasteiger partial charge in [0.05, 0.1) is 5.39 Å². The molecule has 2 aromatic heterocycles. The lowest BCUT2D eigenvalue weighted by Gasteiger charge is -2.32. The van der Waals surface area contributed by atoms with Crippen LogP contribution in [0.5, 0.6) is 0 Å². The Kier molecular flexibility index (Phi) is 5.47. The molecule has 2 aliphatic carbocycles. The SMILES string of the molecule is CC(=O)c1nn(CC(=O)N2[C@@H]3C[C@@H]3C[C@H]2C(=O)N[C@@H](C)C2CCCCC2)c2ncccc12. The van der Waals surface area contributed by atoms with Crippen LogP contribution in [0, 0.1) is 11.8 Å². The van der Waals surface area contributed by atoms with Crippen molar-refractivity contribution in [3.8, 4) is 0 Å². The molecule has 4 atom stereocenters. The number of likely N-dealkylation sites (tertiary alicyclic amines) is 1. The van der Waals surface area contributed by atoms with Gasteiger partial charge in [0, 0.05) is 25.2 Å². The van der Waals surface area contributed by atoms with Crippen LogP contribution in [0.3, 0.4) is 0 Å². The topological polar surface area (TPSA) is 97.2 Å². The monoisotopic (exact) mass is 437 g/mol. The third kappa shape index (κ3) is 3.80. The van der Waals surface area contributed by atoms with Crippen LogP contribution in [-0.4, -0.2) is 55.4 Å². The van der Waals surface area contributed by atoms with E-state index in [1.54, 1.807) is 23.2 Å². The zero-order chi connectivity index (χ0) is 22.4. The molecule has 1 aliphatic heterocycles. The summed E-state index contributed by atoms with van der Waals surface area (Å²) in [5.74, 6) is 0.618. The molecule has 2 saturated carbocycles. The number of ketones is 1. The summed E-state index contributed by atoms with van der Waals surface area (Å²) >= 11 is 0. The van der Waals surface area contributed by atoms with Gasteiger partial charge in [-0.3, -0.25) is 14.4 Å². The second kappa shape index (κ2) is 8.30. The van der Waals surface area contributed by atoms with Crippen LogP contribution in [0.15, 0.2) is 18.3 Å². The van der Waals surface area contributed by atoms with E-state index in [0.29, 0.717) is 28.6 Å². The van der Waals surface area contributed by atoms with Crippen LogP contribution in [-0.2, 0) is 16.1 Å². The molecule has 5 rings (SSSR count). The smallest absolute Gasteiger partial charge is 0.245 e. The van der Waals surface area contributed by atoms with E-state index >= 15 is 0 Å². The van der Waals surface area contributed by atoms with Crippen LogP contribution in [0.25, 0.3) is 11.0 Å². The van der Waals surface area contributed by atoms with E-state index in [1.165, 1.54) is 30.9 Å². The molecule has 1 saturated heterocycles. The van der Waals surface area contributed by atoms with E-state index in [1.807, 2.05) is 0 Å². The molecule has 0 aromatic carbocycles. The van der Waals surface area contributed by atoms with Gasteiger partial charge >= 0.3 is 0 Å². The highest BCUT2D eigenvalue weighted by Gasteiger charge is 2.56. The molecule has 3 heterocycles. The first-order valence-electron chi connectivity index (χ1n) is 11.9. The van der Waals surface area contributed by atoms with Crippen molar-refractivity contribution in [2.75, 3.05) is 0 Å². The van der Waals surface area contributed by atoms with Gasteiger partial charge < -0.3 is 10.2 Å². The maximum atomic E-state index is 13.3. The van der Waals surface area contributed by atoms with Crippen LogP contribution in [0.1, 0.15) is 69.3 Å². The van der Waals surface area contributed by atoms with E-state index in [-0.39, 0.29) is 36.2 Å². The quantitative estimate of drug-likeness (QED) is 0.701. The predicted octanol–water partition coefficient (Wildman–Crippen LogP) is 2.71. The number of aromatic nitrogens is 3. The summed E-state index contributed by atoms with van der Waals surface area (Å²) < 4.78 is 1.50. The second-order valence-electron chi connectivity index (χ2n) is 9.75. The van der Waals surface area contributed by atoms with Crippen LogP contribution < -0.4 is 5.32 Å². The molecule has 3 aliphatic rings. The summed E-state index contributed by atoms with van der Waals surface area (Å²) in [5.41, 5.74) is 0.840. The van der Waals surface area contributed by atoms with Gasteiger partial charge in [0.25, 0.3) is 0 Å². The summed E-state index contributed by atoms with van der Waals surface area (Å²) in [7, 11) is 0. The van der Waals surface area contributed by atoms with Crippen molar-refractivity contribution in [3.63, 3.8) is 0 Å². The minimum Gasteiger partial charge on any atom is -0.352 e. The molecule has 1 N–H and O–H groups in total. The fraction of sp³-hybridized carbons (Fsp3) is 0.625. The molecule has 2 amide bonds. The van der Waals surface area contributed by atoms with Gasteiger partial charge in [0.1, 0.15) is 18.3 Å². The van der Waals surface area contributed by atoms with Crippen molar-refractivity contribution in [3.05, 3.63) is 24.0 Å². The number of hydrogen-bond acceptors (Lipinski definition) is 5. The number of Topliss-reactive ketones (excluding diaryl/α,β-unsaturated/α-hetero) is 1. The lowest BCUT2D eigenvalue weighted by molar-refractivity contribution is -0.140. The van der Waals surface area contributed by atoms with Gasteiger partial charge in [-0.1, -0.05) is 19.3 Å². The summed E-state index contributed by atoms with van der Waals surface area (Å²) in [6.45, 7) is 3.54. The van der Waals surface area contributed by atoms with Crippen molar-refractivity contribution in [2.24, 2.45) is 11.8 Å². The van der Waals surface area contributed by atoms with E-state index < -0.39 is 6.04 Å². The van der Waals surface area contributed by atoms with Crippen molar-refractivity contribution in [1.82, 2.24) is 25.0 Å². The number of pyridine rings is 1. The normalized spacial score (nSPS) is 26.1.